The zero-order valence-electron chi connectivity index (χ0n) is 13.9. The molecule has 134 valence electrons. The summed E-state index contributed by atoms with van der Waals surface area (Å²) in [5.74, 6) is 1.04. The Labute approximate surface area is 144 Å². The van der Waals surface area contributed by atoms with E-state index in [1.165, 1.54) is 12.1 Å². The monoisotopic (exact) mass is 352 g/mol. The zero-order valence-corrected chi connectivity index (χ0v) is 13.9. The van der Waals surface area contributed by atoms with E-state index in [0.29, 0.717) is 24.9 Å². The number of benzene rings is 1. The predicted octanol–water partition coefficient (Wildman–Crippen LogP) is 2.97. The van der Waals surface area contributed by atoms with Crippen LogP contribution in [0, 0.1) is 0 Å². The molecule has 0 aliphatic carbocycles. The van der Waals surface area contributed by atoms with Crippen LogP contribution in [0.5, 0.6) is 5.88 Å². The average Bonchev–Trinajstić information content (AvgIpc) is 2.61. The molecule has 0 aliphatic rings. The van der Waals surface area contributed by atoms with Gasteiger partial charge in [0.1, 0.15) is 0 Å². The number of nitrogens with zero attached hydrogens (tertiary/aromatic N) is 2. The Morgan fingerprint density at radius 3 is 2.40 bits per heavy atom. The molecule has 0 fully saturated rings. The van der Waals surface area contributed by atoms with Gasteiger partial charge in [0.15, 0.2) is 5.96 Å². The summed E-state index contributed by atoms with van der Waals surface area (Å²) >= 11 is 0. The van der Waals surface area contributed by atoms with Crippen LogP contribution in [0.25, 0.3) is 0 Å². The first-order chi connectivity index (χ1) is 11.9. The van der Waals surface area contributed by atoms with Crippen LogP contribution in [0.2, 0.25) is 0 Å². The first-order valence-corrected chi connectivity index (χ1v) is 7.52. The van der Waals surface area contributed by atoms with Crippen molar-refractivity contribution in [3.63, 3.8) is 0 Å². The lowest BCUT2D eigenvalue weighted by Gasteiger charge is -2.13. The van der Waals surface area contributed by atoms with E-state index in [1.807, 2.05) is 6.07 Å². The van der Waals surface area contributed by atoms with Gasteiger partial charge in [-0.2, -0.15) is 13.2 Å². The summed E-state index contributed by atoms with van der Waals surface area (Å²) in [7, 11) is 3.16. The third-order valence-corrected chi connectivity index (χ3v) is 3.45. The Bertz CT molecular complexity index is 715. The Morgan fingerprint density at radius 1 is 1.12 bits per heavy atom. The van der Waals surface area contributed by atoms with Gasteiger partial charge in [0.25, 0.3) is 0 Å². The highest BCUT2D eigenvalue weighted by Gasteiger charge is 2.29. The lowest BCUT2D eigenvalue weighted by Crippen LogP contribution is -2.36. The van der Waals surface area contributed by atoms with E-state index >= 15 is 0 Å². The highest BCUT2D eigenvalue weighted by Crippen LogP contribution is 2.29. The Hall–Kier alpha value is -2.77. The Balaban J connectivity index is 1.90. The Kier molecular flexibility index (Phi) is 6.21. The van der Waals surface area contributed by atoms with Gasteiger partial charge in [-0.25, -0.2) is 4.98 Å². The number of ether oxygens (including phenoxy) is 1. The summed E-state index contributed by atoms with van der Waals surface area (Å²) in [5.41, 5.74) is 0.916. The molecule has 0 unspecified atom stereocenters. The van der Waals surface area contributed by atoms with Crippen LogP contribution in [0.3, 0.4) is 0 Å². The quantitative estimate of drug-likeness (QED) is 0.642. The summed E-state index contributed by atoms with van der Waals surface area (Å²) in [6.07, 6.45) is -2.69. The van der Waals surface area contributed by atoms with Crippen molar-refractivity contribution in [1.82, 2.24) is 15.6 Å². The standard InChI is InChI=1S/C17H19F3N4O/c1-21-16(24-11-13-4-3-9-22-15(13)25-2)23-10-12-5-7-14(8-6-12)17(18,19)20/h3-9H,10-11H2,1-2H3,(H2,21,23,24). The van der Waals surface area contributed by atoms with Crippen molar-refractivity contribution in [3.8, 4) is 5.88 Å². The van der Waals surface area contributed by atoms with Gasteiger partial charge < -0.3 is 15.4 Å². The van der Waals surface area contributed by atoms with Crippen LogP contribution in [0.15, 0.2) is 47.6 Å². The molecule has 1 heterocycles. The van der Waals surface area contributed by atoms with E-state index < -0.39 is 11.7 Å². The third kappa shape index (κ3) is 5.37. The number of aromatic nitrogens is 1. The fourth-order valence-electron chi connectivity index (χ4n) is 2.14. The first kappa shape index (κ1) is 18.6. The maximum absolute atomic E-state index is 12.6. The van der Waals surface area contributed by atoms with Gasteiger partial charge in [0.2, 0.25) is 5.88 Å². The van der Waals surface area contributed by atoms with Gasteiger partial charge in [-0.05, 0) is 23.8 Å². The second-order valence-corrected chi connectivity index (χ2v) is 5.15. The summed E-state index contributed by atoms with van der Waals surface area (Å²) in [4.78, 5) is 8.19. The van der Waals surface area contributed by atoms with Gasteiger partial charge in [-0.15, -0.1) is 0 Å². The van der Waals surface area contributed by atoms with Gasteiger partial charge in [0, 0.05) is 31.9 Å². The number of methoxy groups -OCH3 is 1. The van der Waals surface area contributed by atoms with E-state index in [1.54, 1.807) is 26.4 Å². The predicted molar refractivity (Wildman–Crippen MR) is 89.3 cm³/mol. The summed E-state index contributed by atoms with van der Waals surface area (Å²) in [6.45, 7) is 0.797. The third-order valence-electron chi connectivity index (χ3n) is 3.45. The zero-order chi connectivity index (χ0) is 18.3. The fraction of sp³-hybridized carbons (Fsp3) is 0.294. The average molecular weight is 352 g/mol. The maximum Gasteiger partial charge on any atom is 0.416 e. The van der Waals surface area contributed by atoms with Crippen LogP contribution >= 0.6 is 0 Å². The summed E-state index contributed by atoms with van der Waals surface area (Å²) in [5, 5.41) is 6.15. The van der Waals surface area contributed by atoms with Crippen LogP contribution in [0.4, 0.5) is 13.2 Å². The molecule has 0 bridgehead atoms. The number of nitrogens with one attached hydrogen (secondary N) is 2. The molecule has 0 aliphatic heterocycles. The smallest absolute Gasteiger partial charge is 0.416 e. The molecule has 0 saturated carbocycles. The van der Waals surface area contributed by atoms with Crippen molar-refractivity contribution in [2.24, 2.45) is 4.99 Å². The van der Waals surface area contributed by atoms with Gasteiger partial charge in [-0.1, -0.05) is 18.2 Å². The highest BCUT2D eigenvalue weighted by atomic mass is 19.4. The van der Waals surface area contributed by atoms with Crippen molar-refractivity contribution < 1.29 is 17.9 Å². The van der Waals surface area contributed by atoms with Crippen LogP contribution in [0.1, 0.15) is 16.7 Å². The van der Waals surface area contributed by atoms with E-state index in [4.69, 9.17) is 4.74 Å². The summed E-state index contributed by atoms with van der Waals surface area (Å²) in [6, 6.07) is 8.68. The molecule has 25 heavy (non-hydrogen) atoms. The van der Waals surface area contributed by atoms with Crippen LogP contribution in [-0.4, -0.2) is 25.1 Å². The molecule has 8 heteroatoms. The molecule has 2 N–H and O–H groups in total. The minimum atomic E-state index is -4.33. The van der Waals surface area contributed by atoms with Gasteiger partial charge >= 0.3 is 6.18 Å². The molecule has 0 saturated heterocycles. The van der Waals surface area contributed by atoms with E-state index in [2.05, 4.69) is 20.6 Å². The number of hydrogen-bond donors (Lipinski definition) is 2. The van der Waals surface area contributed by atoms with Gasteiger partial charge in [-0.3, -0.25) is 4.99 Å². The lowest BCUT2D eigenvalue weighted by molar-refractivity contribution is -0.137. The molecule has 1 aromatic carbocycles. The second-order valence-electron chi connectivity index (χ2n) is 5.15. The number of alkyl halides is 3. The second kappa shape index (κ2) is 8.36. The molecule has 0 radical (unpaired) electrons. The molecular weight excluding hydrogens is 333 g/mol. The number of hydrogen-bond acceptors (Lipinski definition) is 3. The highest BCUT2D eigenvalue weighted by molar-refractivity contribution is 5.79. The van der Waals surface area contributed by atoms with Crippen LogP contribution < -0.4 is 15.4 Å². The minimum absolute atomic E-state index is 0.349. The van der Waals surface area contributed by atoms with Crippen molar-refractivity contribution in [2.75, 3.05) is 14.2 Å². The topological polar surface area (TPSA) is 58.5 Å². The normalized spacial score (nSPS) is 12.0. The molecule has 5 nitrogen and oxygen atoms in total. The molecule has 0 atom stereocenters. The van der Waals surface area contributed by atoms with E-state index in [9.17, 15) is 13.2 Å². The SMILES string of the molecule is CN=C(NCc1ccc(C(F)(F)F)cc1)NCc1cccnc1OC. The largest absolute Gasteiger partial charge is 0.481 e. The molecule has 0 amide bonds. The van der Waals surface area contributed by atoms with Crippen molar-refractivity contribution >= 4 is 5.96 Å². The minimum Gasteiger partial charge on any atom is -0.481 e. The van der Waals surface area contributed by atoms with Crippen LogP contribution in [-0.2, 0) is 19.3 Å². The molecule has 1 aromatic heterocycles. The summed E-state index contributed by atoms with van der Waals surface area (Å²) < 4.78 is 42.8. The van der Waals surface area contributed by atoms with Crippen molar-refractivity contribution in [2.45, 2.75) is 19.3 Å². The number of pyridine rings is 1. The van der Waals surface area contributed by atoms with Crippen molar-refractivity contribution in [3.05, 3.63) is 59.3 Å². The van der Waals surface area contributed by atoms with E-state index in [0.717, 1.165) is 23.3 Å². The molecule has 2 rings (SSSR count). The lowest BCUT2D eigenvalue weighted by atomic mass is 10.1. The fourth-order valence-corrected chi connectivity index (χ4v) is 2.14. The van der Waals surface area contributed by atoms with Gasteiger partial charge in [0.05, 0.1) is 12.7 Å². The Morgan fingerprint density at radius 2 is 1.80 bits per heavy atom. The molecular formula is C17H19F3N4O. The number of guanidine groups is 1. The number of halogens is 3. The first-order valence-electron chi connectivity index (χ1n) is 7.52. The van der Waals surface area contributed by atoms with Crippen molar-refractivity contribution in [1.29, 1.82) is 0 Å². The molecule has 2 aromatic rings. The number of aliphatic imine (C=N–C) groups is 1. The maximum atomic E-state index is 12.6. The van der Waals surface area contributed by atoms with E-state index in [-0.39, 0.29) is 0 Å². The number of rotatable bonds is 5. The molecule has 0 spiro atoms.